The van der Waals surface area contributed by atoms with Crippen LogP contribution in [0, 0.1) is 11.8 Å². The van der Waals surface area contributed by atoms with Crippen LogP contribution in [0.1, 0.15) is 21.5 Å². The van der Waals surface area contributed by atoms with Gasteiger partial charge in [0.1, 0.15) is 5.65 Å². The van der Waals surface area contributed by atoms with Gasteiger partial charge in [0.15, 0.2) is 0 Å². The van der Waals surface area contributed by atoms with Crippen LogP contribution in [0.15, 0.2) is 95.9 Å². The lowest BCUT2D eigenvalue weighted by atomic mass is 10.0. The zero-order valence-electron chi connectivity index (χ0n) is 16.9. The monoisotopic (exact) mass is 415 g/mol. The Morgan fingerprint density at radius 3 is 2.31 bits per heavy atom. The van der Waals surface area contributed by atoms with Crippen LogP contribution in [0.2, 0.25) is 0 Å². The van der Waals surface area contributed by atoms with E-state index in [2.05, 4.69) is 27.1 Å². The van der Waals surface area contributed by atoms with Crippen molar-refractivity contribution in [3.8, 4) is 11.8 Å². The highest BCUT2D eigenvalue weighted by atomic mass is 16.1. The first-order valence-electron chi connectivity index (χ1n) is 10.1. The van der Waals surface area contributed by atoms with Gasteiger partial charge in [0, 0.05) is 39.3 Å². The van der Waals surface area contributed by atoms with E-state index < -0.39 is 0 Å². The fourth-order valence-electron chi connectivity index (χ4n) is 3.58. The minimum Gasteiger partial charge on any atom is -0.322 e. The summed E-state index contributed by atoms with van der Waals surface area (Å²) in [5.74, 6) is 6.21. The molecule has 32 heavy (non-hydrogen) atoms. The Morgan fingerprint density at radius 2 is 1.53 bits per heavy atom. The minimum atomic E-state index is -0.168. The Bertz CT molecular complexity index is 1580. The Morgan fingerprint density at radius 1 is 0.812 bits per heavy atom. The van der Waals surface area contributed by atoms with E-state index in [0.29, 0.717) is 22.3 Å². The molecular formula is C27H17N3O2. The van der Waals surface area contributed by atoms with Crippen molar-refractivity contribution in [1.29, 1.82) is 0 Å². The molecule has 0 fully saturated rings. The third kappa shape index (κ3) is 3.73. The maximum Gasteiger partial charge on any atom is 0.257 e. The van der Waals surface area contributed by atoms with Gasteiger partial charge in [-0.25, -0.2) is 4.98 Å². The summed E-state index contributed by atoms with van der Waals surface area (Å²) in [6.45, 7) is 0. The lowest BCUT2D eigenvalue weighted by Crippen LogP contribution is -2.11. The van der Waals surface area contributed by atoms with Gasteiger partial charge in [-0.1, -0.05) is 48.2 Å². The number of H-pyrrole nitrogens is 1. The van der Waals surface area contributed by atoms with Gasteiger partial charge in [0.25, 0.3) is 11.5 Å². The van der Waals surface area contributed by atoms with E-state index in [-0.39, 0.29) is 11.5 Å². The number of aromatic amines is 1. The molecule has 1 amide bonds. The highest BCUT2D eigenvalue weighted by Crippen LogP contribution is 2.23. The van der Waals surface area contributed by atoms with Gasteiger partial charge in [-0.15, -0.1) is 0 Å². The van der Waals surface area contributed by atoms with Gasteiger partial charge in [-0.2, -0.15) is 0 Å². The number of carbonyl (C=O) groups excluding carboxylic acids is 1. The van der Waals surface area contributed by atoms with Crippen molar-refractivity contribution in [1.82, 2.24) is 9.97 Å². The van der Waals surface area contributed by atoms with E-state index in [4.69, 9.17) is 0 Å². The second-order valence-corrected chi connectivity index (χ2v) is 7.23. The average Bonchev–Trinajstić information content (AvgIpc) is 2.84. The summed E-state index contributed by atoms with van der Waals surface area (Å²) >= 11 is 0. The highest BCUT2D eigenvalue weighted by molar-refractivity contribution is 6.07. The molecule has 3 aromatic carbocycles. The normalized spacial score (nSPS) is 10.5. The molecule has 2 aromatic heterocycles. The van der Waals surface area contributed by atoms with Gasteiger partial charge >= 0.3 is 0 Å². The van der Waals surface area contributed by atoms with E-state index in [1.165, 1.54) is 0 Å². The van der Waals surface area contributed by atoms with E-state index in [0.717, 1.165) is 21.9 Å². The molecule has 5 nitrogen and oxygen atoms in total. The Kier molecular flexibility index (Phi) is 4.95. The van der Waals surface area contributed by atoms with Gasteiger partial charge in [0.05, 0.1) is 0 Å². The number of nitrogens with one attached hydrogen (secondary N) is 2. The Hall–Kier alpha value is -4.69. The molecule has 2 N–H and O–H groups in total. The lowest BCUT2D eigenvalue weighted by molar-refractivity contribution is 0.102. The van der Waals surface area contributed by atoms with Crippen LogP contribution in [-0.4, -0.2) is 15.9 Å². The Labute approximate surface area is 183 Å². The van der Waals surface area contributed by atoms with E-state index in [1.807, 2.05) is 66.7 Å². The number of pyridine rings is 2. The Balaban J connectivity index is 1.46. The van der Waals surface area contributed by atoms with E-state index in [1.54, 1.807) is 24.4 Å². The van der Waals surface area contributed by atoms with Crippen LogP contribution in [0.5, 0.6) is 0 Å². The number of carbonyl (C=O) groups is 1. The molecule has 0 radical (unpaired) electrons. The topological polar surface area (TPSA) is 74.8 Å². The maximum atomic E-state index is 12.3. The standard InChI is InChI=1S/C27H17N3O2/c31-26(20-6-2-1-3-7-20)29-21-14-11-18(12-15-21)10-13-19-16-17-28-25-24(19)22-8-4-5-9-23(22)27(32)30-25/h1-9,11-12,14-17H,(H,29,31)(H,28,30,32). The number of amides is 1. The maximum absolute atomic E-state index is 12.3. The molecule has 0 bridgehead atoms. The van der Waals surface area contributed by atoms with Crippen molar-refractivity contribution in [2.75, 3.05) is 5.32 Å². The molecule has 0 aliphatic rings. The molecule has 5 heteroatoms. The van der Waals surface area contributed by atoms with Crippen LogP contribution in [0.3, 0.4) is 0 Å². The highest BCUT2D eigenvalue weighted by Gasteiger charge is 2.08. The first-order valence-corrected chi connectivity index (χ1v) is 10.1. The van der Waals surface area contributed by atoms with Crippen molar-refractivity contribution in [3.63, 3.8) is 0 Å². The van der Waals surface area contributed by atoms with Crippen molar-refractivity contribution >= 4 is 33.4 Å². The second kappa shape index (κ2) is 8.21. The number of nitrogens with zero attached hydrogens (tertiary/aromatic N) is 1. The van der Waals surface area contributed by atoms with Gasteiger partial charge in [0.2, 0.25) is 0 Å². The zero-order chi connectivity index (χ0) is 21.9. The third-order valence-corrected chi connectivity index (χ3v) is 5.14. The van der Waals surface area contributed by atoms with Gasteiger partial charge in [-0.05, 0) is 53.9 Å². The largest absolute Gasteiger partial charge is 0.322 e. The molecule has 0 spiro atoms. The van der Waals surface area contributed by atoms with Crippen molar-refractivity contribution in [2.45, 2.75) is 0 Å². The third-order valence-electron chi connectivity index (χ3n) is 5.14. The molecule has 0 unspecified atom stereocenters. The molecule has 152 valence electrons. The van der Waals surface area contributed by atoms with E-state index in [9.17, 15) is 9.59 Å². The van der Waals surface area contributed by atoms with Crippen LogP contribution < -0.4 is 10.9 Å². The number of rotatable bonds is 2. The number of aromatic nitrogens is 2. The van der Waals surface area contributed by atoms with Crippen LogP contribution in [0.25, 0.3) is 21.8 Å². The van der Waals surface area contributed by atoms with Gasteiger partial charge in [-0.3, -0.25) is 9.59 Å². The van der Waals surface area contributed by atoms with Gasteiger partial charge < -0.3 is 10.3 Å². The number of benzene rings is 3. The molecule has 0 aliphatic carbocycles. The minimum absolute atomic E-state index is 0.159. The molecule has 0 atom stereocenters. The van der Waals surface area contributed by atoms with Crippen LogP contribution in [0.4, 0.5) is 5.69 Å². The van der Waals surface area contributed by atoms with Crippen molar-refractivity contribution in [2.24, 2.45) is 0 Å². The van der Waals surface area contributed by atoms with Crippen LogP contribution >= 0.6 is 0 Å². The predicted molar refractivity (Wildman–Crippen MR) is 127 cm³/mol. The first-order chi connectivity index (χ1) is 15.7. The summed E-state index contributed by atoms with van der Waals surface area (Å²) in [7, 11) is 0. The fourth-order valence-corrected chi connectivity index (χ4v) is 3.58. The van der Waals surface area contributed by atoms with Crippen molar-refractivity contribution in [3.05, 3.63) is 118 Å². The summed E-state index contributed by atoms with van der Waals surface area (Å²) in [4.78, 5) is 31.8. The molecular weight excluding hydrogens is 398 g/mol. The van der Waals surface area contributed by atoms with Crippen LogP contribution in [-0.2, 0) is 0 Å². The second-order valence-electron chi connectivity index (χ2n) is 7.23. The SMILES string of the molecule is O=C(Nc1ccc(C#Cc2ccnc3[nH]c(=O)c4ccccc4c23)cc1)c1ccccc1. The first kappa shape index (κ1) is 19.3. The molecule has 5 aromatic rings. The smallest absolute Gasteiger partial charge is 0.257 e. The van der Waals surface area contributed by atoms with Crippen molar-refractivity contribution < 1.29 is 4.79 Å². The summed E-state index contributed by atoms with van der Waals surface area (Å²) < 4.78 is 0. The summed E-state index contributed by atoms with van der Waals surface area (Å²) in [6.07, 6.45) is 1.64. The molecule has 2 heterocycles. The number of anilines is 1. The lowest BCUT2D eigenvalue weighted by Gasteiger charge is -2.05. The molecule has 0 saturated carbocycles. The molecule has 0 saturated heterocycles. The predicted octanol–water partition coefficient (Wildman–Crippen LogP) is 4.73. The number of hydrogen-bond acceptors (Lipinski definition) is 3. The quantitative estimate of drug-likeness (QED) is 0.323. The average molecular weight is 415 g/mol. The van der Waals surface area contributed by atoms with E-state index >= 15 is 0 Å². The molecule has 0 aliphatic heterocycles. The summed E-state index contributed by atoms with van der Waals surface area (Å²) in [5.41, 5.74) is 3.23. The number of hydrogen-bond donors (Lipinski definition) is 2. The summed E-state index contributed by atoms with van der Waals surface area (Å²) in [6, 6.07) is 25.7. The zero-order valence-corrected chi connectivity index (χ0v) is 16.9. The summed E-state index contributed by atoms with van der Waals surface area (Å²) in [5, 5.41) is 5.13. The fraction of sp³-hybridized carbons (Fsp3) is 0. The molecule has 5 rings (SSSR count). The number of fused-ring (bicyclic) bond motifs is 3.